The molecule has 0 amide bonds. The van der Waals surface area contributed by atoms with E-state index in [0.29, 0.717) is 19.3 Å². The molecule has 0 aliphatic heterocycles. The number of esters is 3. The molecule has 0 bridgehead atoms. The highest BCUT2D eigenvalue weighted by Crippen LogP contribution is 2.17. The molecule has 0 saturated carbocycles. The van der Waals surface area contributed by atoms with Gasteiger partial charge in [0.15, 0.2) is 6.10 Å². The van der Waals surface area contributed by atoms with E-state index in [1.165, 1.54) is 205 Å². The van der Waals surface area contributed by atoms with E-state index >= 15 is 0 Å². The van der Waals surface area contributed by atoms with Gasteiger partial charge in [-0.3, -0.25) is 14.4 Å². The van der Waals surface area contributed by atoms with Crippen LogP contribution in [-0.2, 0) is 28.6 Å². The third-order valence-corrected chi connectivity index (χ3v) is 14.0. The molecule has 1 atom stereocenters. The smallest absolute Gasteiger partial charge is 0.306 e. The summed E-state index contributed by atoms with van der Waals surface area (Å²) in [6.07, 6.45) is 77.9. The number of carbonyl (C=O) groups is 3. The van der Waals surface area contributed by atoms with Crippen molar-refractivity contribution in [1.29, 1.82) is 0 Å². The van der Waals surface area contributed by atoms with E-state index < -0.39 is 6.10 Å². The fraction of sp³-hybridized carbons (Fsp3) is 0.806. The first-order chi connectivity index (χ1) is 36.0. The third kappa shape index (κ3) is 59.9. The second-order valence-electron chi connectivity index (χ2n) is 21.3. The Balaban J connectivity index is 4.40. The van der Waals surface area contributed by atoms with Gasteiger partial charge in [-0.2, -0.15) is 0 Å². The maximum absolute atomic E-state index is 12.9. The summed E-state index contributed by atoms with van der Waals surface area (Å²) in [7, 11) is 0. The van der Waals surface area contributed by atoms with E-state index in [1.807, 2.05) is 0 Å². The molecule has 0 unspecified atom stereocenters. The van der Waals surface area contributed by atoms with Crippen molar-refractivity contribution in [2.75, 3.05) is 13.2 Å². The standard InChI is InChI=1S/C67H120O6/c1-4-7-10-13-16-19-22-25-28-31-33-36-38-41-44-47-50-53-56-59-65(68)71-62-64(73-67(70)61-58-55-52-49-46-43-40-35-30-27-24-21-18-15-12-9-6-3)63-72-66(69)60-57-54-51-48-45-42-39-37-34-32-29-26-23-20-17-14-11-8-5-2/h16,19,25,27-28,30,33,36,41,44,64H,4-15,17-18,20-24,26,29,31-32,34-35,37-40,42-43,45-63H2,1-3H3/b19-16-,28-25-,30-27-,36-33-,44-41-/t64-/m1/s1. The van der Waals surface area contributed by atoms with Crippen LogP contribution in [0.15, 0.2) is 60.8 Å². The van der Waals surface area contributed by atoms with Crippen LogP contribution in [0.3, 0.4) is 0 Å². The molecule has 0 heterocycles. The highest BCUT2D eigenvalue weighted by atomic mass is 16.6. The number of rotatable bonds is 58. The maximum atomic E-state index is 12.9. The molecule has 6 nitrogen and oxygen atoms in total. The molecule has 6 heteroatoms. The molecule has 0 saturated heterocycles. The highest BCUT2D eigenvalue weighted by Gasteiger charge is 2.19. The Hall–Kier alpha value is -2.89. The molecule has 0 aliphatic carbocycles. The Labute approximate surface area is 453 Å². The van der Waals surface area contributed by atoms with Gasteiger partial charge in [-0.25, -0.2) is 0 Å². The molecule has 0 radical (unpaired) electrons. The first-order valence-corrected chi connectivity index (χ1v) is 31.8. The Morgan fingerprint density at radius 3 is 0.822 bits per heavy atom. The molecule has 73 heavy (non-hydrogen) atoms. The van der Waals surface area contributed by atoms with Crippen LogP contribution in [0.25, 0.3) is 0 Å². The van der Waals surface area contributed by atoms with Crippen molar-refractivity contribution >= 4 is 17.9 Å². The maximum Gasteiger partial charge on any atom is 0.306 e. The van der Waals surface area contributed by atoms with Crippen LogP contribution in [0.2, 0.25) is 0 Å². The Kier molecular flexibility index (Phi) is 59.2. The molecule has 424 valence electrons. The van der Waals surface area contributed by atoms with Gasteiger partial charge in [0.05, 0.1) is 0 Å². The molecular weight excluding hydrogens is 901 g/mol. The van der Waals surface area contributed by atoms with E-state index in [2.05, 4.69) is 81.5 Å². The van der Waals surface area contributed by atoms with Crippen LogP contribution in [0.5, 0.6) is 0 Å². The van der Waals surface area contributed by atoms with Crippen molar-refractivity contribution in [3.05, 3.63) is 60.8 Å². The number of allylic oxidation sites excluding steroid dienone is 10. The molecule has 0 aromatic rings. The monoisotopic (exact) mass is 1020 g/mol. The van der Waals surface area contributed by atoms with Gasteiger partial charge in [0, 0.05) is 19.3 Å². The van der Waals surface area contributed by atoms with Gasteiger partial charge in [0.25, 0.3) is 0 Å². The lowest BCUT2D eigenvalue weighted by Gasteiger charge is -2.18. The van der Waals surface area contributed by atoms with Gasteiger partial charge in [-0.15, -0.1) is 0 Å². The summed E-state index contributed by atoms with van der Waals surface area (Å²) in [5.41, 5.74) is 0. The van der Waals surface area contributed by atoms with Crippen LogP contribution in [0, 0.1) is 0 Å². The molecule has 0 spiro atoms. The van der Waals surface area contributed by atoms with Gasteiger partial charge < -0.3 is 14.2 Å². The summed E-state index contributed by atoms with van der Waals surface area (Å²) in [5.74, 6) is -0.901. The number of hydrogen-bond donors (Lipinski definition) is 0. The molecule has 0 aromatic carbocycles. The van der Waals surface area contributed by atoms with Gasteiger partial charge in [0.1, 0.15) is 13.2 Å². The van der Waals surface area contributed by atoms with Crippen molar-refractivity contribution in [2.45, 2.75) is 335 Å². The summed E-state index contributed by atoms with van der Waals surface area (Å²) in [6, 6.07) is 0. The largest absolute Gasteiger partial charge is 0.462 e. The van der Waals surface area contributed by atoms with E-state index in [1.54, 1.807) is 0 Å². The predicted octanol–water partition coefficient (Wildman–Crippen LogP) is 21.6. The van der Waals surface area contributed by atoms with Gasteiger partial charge >= 0.3 is 17.9 Å². The van der Waals surface area contributed by atoms with Crippen molar-refractivity contribution in [2.24, 2.45) is 0 Å². The summed E-state index contributed by atoms with van der Waals surface area (Å²) in [6.45, 7) is 6.63. The van der Waals surface area contributed by atoms with Crippen molar-refractivity contribution in [3.63, 3.8) is 0 Å². The molecule has 0 aromatic heterocycles. The lowest BCUT2D eigenvalue weighted by atomic mass is 10.0. The fourth-order valence-corrected chi connectivity index (χ4v) is 9.19. The quantitative estimate of drug-likeness (QED) is 0.0261. The van der Waals surface area contributed by atoms with E-state index in [0.717, 1.165) is 83.5 Å². The fourth-order valence-electron chi connectivity index (χ4n) is 9.19. The van der Waals surface area contributed by atoms with Crippen LogP contribution in [-0.4, -0.2) is 37.2 Å². The van der Waals surface area contributed by atoms with Gasteiger partial charge in [0.2, 0.25) is 0 Å². The number of hydrogen-bond acceptors (Lipinski definition) is 6. The molecule has 0 N–H and O–H groups in total. The van der Waals surface area contributed by atoms with Crippen molar-refractivity contribution < 1.29 is 28.6 Å². The minimum atomic E-state index is -0.789. The van der Waals surface area contributed by atoms with Crippen LogP contribution < -0.4 is 0 Å². The first kappa shape index (κ1) is 70.1. The van der Waals surface area contributed by atoms with E-state index in [9.17, 15) is 14.4 Å². The summed E-state index contributed by atoms with van der Waals surface area (Å²) < 4.78 is 16.9. The average Bonchev–Trinajstić information content (AvgIpc) is 3.39. The summed E-state index contributed by atoms with van der Waals surface area (Å²) >= 11 is 0. The van der Waals surface area contributed by atoms with Crippen LogP contribution in [0.4, 0.5) is 0 Å². The zero-order valence-electron chi connectivity index (χ0n) is 48.7. The highest BCUT2D eigenvalue weighted by molar-refractivity contribution is 5.71. The number of carbonyl (C=O) groups excluding carboxylic acids is 3. The topological polar surface area (TPSA) is 78.9 Å². The summed E-state index contributed by atoms with van der Waals surface area (Å²) in [4.78, 5) is 38.3. The number of unbranched alkanes of at least 4 members (excludes halogenated alkanes) is 37. The minimum absolute atomic E-state index is 0.0830. The number of ether oxygens (including phenoxy) is 3. The van der Waals surface area contributed by atoms with E-state index in [4.69, 9.17) is 14.2 Å². The Morgan fingerprint density at radius 1 is 0.274 bits per heavy atom. The zero-order chi connectivity index (χ0) is 52.9. The van der Waals surface area contributed by atoms with E-state index in [-0.39, 0.29) is 31.1 Å². The Morgan fingerprint density at radius 2 is 0.493 bits per heavy atom. The van der Waals surface area contributed by atoms with Crippen LogP contribution in [0.1, 0.15) is 329 Å². The molecular formula is C67H120O6. The van der Waals surface area contributed by atoms with Gasteiger partial charge in [-0.05, 0) is 89.9 Å². The summed E-state index contributed by atoms with van der Waals surface area (Å²) in [5, 5.41) is 0. The van der Waals surface area contributed by atoms with Crippen LogP contribution >= 0.6 is 0 Å². The minimum Gasteiger partial charge on any atom is -0.462 e. The lowest BCUT2D eigenvalue weighted by Crippen LogP contribution is -2.30. The SMILES string of the molecule is CCCCC/C=C\C/C=C\C/C=C\C/C=C\CCCCCC(=O)OC[C@H](COC(=O)CCCCCCCCCCCCCCCCCCCCC)OC(=O)CCCCCCCCC/C=C\CCCCCCCC. The second kappa shape index (κ2) is 61.7. The first-order valence-electron chi connectivity index (χ1n) is 31.8. The van der Waals surface area contributed by atoms with Crippen molar-refractivity contribution in [1.82, 2.24) is 0 Å². The molecule has 0 aliphatic rings. The van der Waals surface area contributed by atoms with Crippen molar-refractivity contribution in [3.8, 4) is 0 Å². The normalized spacial score (nSPS) is 12.4. The molecule has 0 fully saturated rings. The lowest BCUT2D eigenvalue weighted by molar-refractivity contribution is -0.167. The van der Waals surface area contributed by atoms with Gasteiger partial charge in [-0.1, -0.05) is 281 Å². The second-order valence-corrected chi connectivity index (χ2v) is 21.3. The Bertz CT molecular complexity index is 1310. The third-order valence-electron chi connectivity index (χ3n) is 14.0. The predicted molar refractivity (Wildman–Crippen MR) is 316 cm³/mol. The average molecular weight is 1020 g/mol. The molecule has 0 rings (SSSR count). The zero-order valence-corrected chi connectivity index (χ0v) is 48.7.